The number of aryl methyl sites for hydroxylation is 2. The molecule has 4 aromatic rings. The van der Waals surface area contributed by atoms with Gasteiger partial charge in [0.1, 0.15) is 11.6 Å². The van der Waals surface area contributed by atoms with Crippen LogP contribution in [0.15, 0.2) is 72.8 Å². The average Bonchev–Trinajstić information content (AvgIpc) is 3.19. The maximum absolute atomic E-state index is 12.3. The van der Waals surface area contributed by atoms with Gasteiger partial charge in [0.15, 0.2) is 0 Å². The highest BCUT2D eigenvalue weighted by Crippen LogP contribution is 2.21. The Morgan fingerprint density at radius 1 is 0.939 bits per heavy atom. The molecule has 0 aliphatic heterocycles. The Labute approximate surface area is 195 Å². The molecule has 170 valence electrons. The van der Waals surface area contributed by atoms with Crippen LogP contribution in [0.2, 0.25) is 0 Å². The highest BCUT2D eigenvalue weighted by molar-refractivity contribution is 5.94. The van der Waals surface area contributed by atoms with Crippen LogP contribution in [-0.4, -0.2) is 28.6 Å². The summed E-state index contributed by atoms with van der Waals surface area (Å²) in [5.74, 6) is 1.92. The number of hydrogen-bond acceptors (Lipinski definition) is 3. The Morgan fingerprint density at radius 3 is 2.58 bits per heavy atom. The lowest BCUT2D eigenvalue weighted by molar-refractivity contribution is 0.0954. The highest BCUT2D eigenvalue weighted by Gasteiger charge is 2.11. The van der Waals surface area contributed by atoms with E-state index in [1.54, 1.807) is 0 Å². The van der Waals surface area contributed by atoms with Crippen molar-refractivity contribution in [2.45, 2.75) is 39.7 Å². The Balaban J connectivity index is 1.34. The number of ether oxygens (including phenoxy) is 1. The van der Waals surface area contributed by atoms with Gasteiger partial charge in [-0.1, -0.05) is 42.5 Å². The van der Waals surface area contributed by atoms with Crippen molar-refractivity contribution in [3.8, 4) is 5.75 Å². The van der Waals surface area contributed by atoms with E-state index < -0.39 is 0 Å². The van der Waals surface area contributed by atoms with E-state index in [0.29, 0.717) is 25.1 Å². The minimum Gasteiger partial charge on any atom is -0.493 e. The van der Waals surface area contributed by atoms with Crippen LogP contribution in [0, 0.1) is 13.8 Å². The molecule has 5 nitrogen and oxygen atoms in total. The first kappa shape index (κ1) is 22.6. The van der Waals surface area contributed by atoms with E-state index in [1.807, 2.05) is 60.7 Å². The lowest BCUT2D eigenvalue weighted by atomic mass is 10.1. The summed E-state index contributed by atoms with van der Waals surface area (Å²) in [6.45, 7) is 6.33. The van der Waals surface area contributed by atoms with E-state index in [4.69, 9.17) is 9.72 Å². The van der Waals surface area contributed by atoms with Crippen LogP contribution in [0.25, 0.3) is 11.0 Å². The van der Waals surface area contributed by atoms with Gasteiger partial charge in [0.05, 0.1) is 17.6 Å². The third kappa shape index (κ3) is 5.61. The summed E-state index contributed by atoms with van der Waals surface area (Å²) in [6.07, 6.45) is 2.64. The molecule has 0 aliphatic carbocycles. The van der Waals surface area contributed by atoms with Gasteiger partial charge in [-0.15, -0.1) is 0 Å². The predicted octanol–water partition coefficient (Wildman–Crippen LogP) is 5.48. The van der Waals surface area contributed by atoms with Crippen LogP contribution in [-0.2, 0) is 13.0 Å². The largest absolute Gasteiger partial charge is 0.493 e. The first-order chi connectivity index (χ1) is 16.1. The molecule has 1 heterocycles. The molecule has 3 aromatic carbocycles. The van der Waals surface area contributed by atoms with Gasteiger partial charge in [0.2, 0.25) is 0 Å². The van der Waals surface area contributed by atoms with E-state index >= 15 is 0 Å². The van der Waals surface area contributed by atoms with Crippen molar-refractivity contribution in [2.24, 2.45) is 0 Å². The van der Waals surface area contributed by atoms with Gasteiger partial charge >= 0.3 is 0 Å². The first-order valence-electron chi connectivity index (χ1n) is 11.6. The summed E-state index contributed by atoms with van der Waals surface area (Å²) in [7, 11) is 0. The fourth-order valence-corrected chi connectivity index (χ4v) is 3.98. The van der Waals surface area contributed by atoms with Crippen LogP contribution in [0.5, 0.6) is 5.75 Å². The third-order valence-corrected chi connectivity index (χ3v) is 5.99. The molecule has 0 bridgehead atoms. The summed E-state index contributed by atoms with van der Waals surface area (Å²) < 4.78 is 8.30. The number of nitrogens with one attached hydrogen (secondary N) is 1. The fraction of sp³-hybridized carbons (Fsp3) is 0.286. The SMILES string of the molecule is Cc1cccc(OCCCCn2c(CCNC(=O)c3ccccc3)nc3ccccc32)c1C. The lowest BCUT2D eigenvalue weighted by Gasteiger charge is -2.12. The number of unbranched alkanes of at least 4 members (excludes halogenated alkanes) is 1. The smallest absolute Gasteiger partial charge is 0.251 e. The minimum atomic E-state index is -0.0538. The van der Waals surface area contributed by atoms with Crippen molar-refractivity contribution in [3.05, 3.63) is 95.3 Å². The number of carbonyl (C=O) groups excluding carboxylic acids is 1. The van der Waals surface area contributed by atoms with Gasteiger partial charge in [-0.3, -0.25) is 4.79 Å². The molecule has 1 N–H and O–H groups in total. The van der Waals surface area contributed by atoms with Crippen LogP contribution in [0.3, 0.4) is 0 Å². The number of para-hydroxylation sites is 2. The molecule has 0 saturated heterocycles. The molecule has 1 amide bonds. The quantitative estimate of drug-likeness (QED) is 0.331. The zero-order valence-corrected chi connectivity index (χ0v) is 19.4. The van der Waals surface area contributed by atoms with Crippen LogP contribution in [0.1, 0.15) is 40.2 Å². The van der Waals surface area contributed by atoms with E-state index in [9.17, 15) is 4.79 Å². The van der Waals surface area contributed by atoms with Crippen molar-refractivity contribution in [2.75, 3.05) is 13.2 Å². The number of imidazole rings is 1. The lowest BCUT2D eigenvalue weighted by Crippen LogP contribution is -2.26. The Bertz CT molecular complexity index is 1210. The van der Waals surface area contributed by atoms with Crippen molar-refractivity contribution >= 4 is 16.9 Å². The molecule has 33 heavy (non-hydrogen) atoms. The Kier molecular flexibility index (Phi) is 7.40. The molecule has 0 unspecified atom stereocenters. The summed E-state index contributed by atoms with van der Waals surface area (Å²) >= 11 is 0. The van der Waals surface area contributed by atoms with E-state index in [2.05, 4.69) is 35.9 Å². The summed E-state index contributed by atoms with van der Waals surface area (Å²) in [4.78, 5) is 17.2. The topological polar surface area (TPSA) is 56.1 Å². The molecule has 0 saturated carbocycles. The van der Waals surface area contributed by atoms with Crippen molar-refractivity contribution in [1.29, 1.82) is 0 Å². The molecule has 1 aromatic heterocycles. The van der Waals surface area contributed by atoms with Crippen molar-refractivity contribution in [3.63, 3.8) is 0 Å². The van der Waals surface area contributed by atoms with Gasteiger partial charge in [-0.25, -0.2) is 4.98 Å². The molecule has 0 aliphatic rings. The van der Waals surface area contributed by atoms with Crippen LogP contribution in [0.4, 0.5) is 0 Å². The van der Waals surface area contributed by atoms with Crippen molar-refractivity contribution in [1.82, 2.24) is 14.9 Å². The molecular weight excluding hydrogens is 410 g/mol. The zero-order valence-electron chi connectivity index (χ0n) is 19.4. The third-order valence-electron chi connectivity index (χ3n) is 5.99. The van der Waals surface area contributed by atoms with Gasteiger partial charge in [0, 0.05) is 25.1 Å². The number of benzene rings is 3. The van der Waals surface area contributed by atoms with Crippen LogP contribution >= 0.6 is 0 Å². The second kappa shape index (κ2) is 10.8. The number of amides is 1. The van der Waals surface area contributed by atoms with Gasteiger partial charge in [-0.2, -0.15) is 0 Å². The normalized spacial score (nSPS) is 11.0. The minimum absolute atomic E-state index is 0.0538. The Hall–Kier alpha value is -3.60. The summed E-state index contributed by atoms with van der Waals surface area (Å²) in [5, 5.41) is 3.01. The summed E-state index contributed by atoms with van der Waals surface area (Å²) in [6, 6.07) is 23.7. The van der Waals surface area contributed by atoms with E-state index in [-0.39, 0.29) is 5.91 Å². The van der Waals surface area contributed by atoms with Crippen LogP contribution < -0.4 is 10.1 Å². The first-order valence-corrected chi connectivity index (χ1v) is 11.6. The number of nitrogens with zero attached hydrogens (tertiary/aromatic N) is 2. The predicted molar refractivity (Wildman–Crippen MR) is 133 cm³/mol. The molecule has 4 rings (SSSR count). The number of rotatable bonds is 10. The molecule has 5 heteroatoms. The summed E-state index contributed by atoms with van der Waals surface area (Å²) in [5.41, 5.74) is 5.26. The fourth-order valence-electron chi connectivity index (χ4n) is 3.98. The van der Waals surface area contributed by atoms with E-state index in [1.165, 1.54) is 11.1 Å². The van der Waals surface area contributed by atoms with E-state index in [0.717, 1.165) is 42.0 Å². The second-order valence-electron chi connectivity index (χ2n) is 8.29. The monoisotopic (exact) mass is 441 g/mol. The van der Waals surface area contributed by atoms with Crippen molar-refractivity contribution < 1.29 is 9.53 Å². The molecule has 0 atom stereocenters. The zero-order chi connectivity index (χ0) is 23.0. The van der Waals surface area contributed by atoms with Gasteiger partial charge in [-0.05, 0) is 68.1 Å². The number of fused-ring (bicyclic) bond motifs is 1. The number of hydrogen-bond donors (Lipinski definition) is 1. The van der Waals surface area contributed by atoms with Gasteiger partial charge < -0.3 is 14.6 Å². The number of carbonyl (C=O) groups is 1. The molecule has 0 spiro atoms. The number of aromatic nitrogens is 2. The maximum atomic E-state index is 12.3. The maximum Gasteiger partial charge on any atom is 0.251 e. The molecule has 0 fully saturated rings. The second-order valence-corrected chi connectivity index (χ2v) is 8.29. The molecule has 0 radical (unpaired) electrons. The molecular formula is C28H31N3O2. The Morgan fingerprint density at radius 2 is 1.73 bits per heavy atom. The standard InChI is InChI=1S/C28H31N3O2/c1-21-11-10-16-26(22(21)2)33-20-9-8-19-31-25-15-7-6-14-24(25)30-27(31)17-18-29-28(32)23-12-4-3-5-13-23/h3-7,10-16H,8-9,17-20H2,1-2H3,(H,29,32). The average molecular weight is 442 g/mol. The highest BCUT2D eigenvalue weighted by atomic mass is 16.5. The van der Waals surface area contributed by atoms with Gasteiger partial charge in [0.25, 0.3) is 5.91 Å².